The van der Waals surface area contributed by atoms with Crippen molar-refractivity contribution in [2.75, 3.05) is 49.6 Å². The largest absolute Gasteiger partial charge is 0.509 e. The Labute approximate surface area is 186 Å². The lowest BCUT2D eigenvalue weighted by Gasteiger charge is -2.34. The smallest absolute Gasteiger partial charge is 0.145 e. The monoisotopic (exact) mass is 436 g/mol. The first-order valence-corrected chi connectivity index (χ1v) is 10.8. The maximum atomic E-state index is 10.7. The molecule has 0 radical (unpaired) electrons. The summed E-state index contributed by atoms with van der Waals surface area (Å²) in [6.45, 7) is 6.23. The van der Waals surface area contributed by atoms with Crippen LogP contribution in [0.25, 0.3) is 16.6 Å². The van der Waals surface area contributed by atoms with Crippen LogP contribution in [0.15, 0.2) is 42.2 Å². The Morgan fingerprint density at radius 3 is 2.55 bits per heavy atom. The number of piperazine rings is 1. The van der Waals surface area contributed by atoms with Crippen molar-refractivity contribution >= 4 is 45.4 Å². The van der Waals surface area contributed by atoms with Crippen molar-refractivity contribution in [2.45, 2.75) is 6.92 Å². The van der Waals surface area contributed by atoms with Gasteiger partial charge in [0.25, 0.3) is 0 Å². The highest BCUT2D eigenvalue weighted by molar-refractivity contribution is 6.33. The molecule has 0 unspecified atom stereocenters. The normalized spacial score (nSPS) is 18.0. The third-order valence-electron chi connectivity index (χ3n) is 6.14. The Morgan fingerprint density at radius 1 is 1.06 bits per heavy atom. The van der Waals surface area contributed by atoms with Gasteiger partial charge in [-0.05, 0) is 49.9 Å². The second-order valence-corrected chi connectivity index (χ2v) is 8.67. The zero-order chi connectivity index (χ0) is 21.7. The van der Waals surface area contributed by atoms with E-state index in [4.69, 9.17) is 17.0 Å². The summed E-state index contributed by atoms with van der Waals surface area (Å²) in [6, 6.07) is 11.8. The number of hydrogen-bond donors (Lipinski definition) is 3. The van der Waals surface area contributed by atoms with Crippen LogP contribution in [-0.4, -0.2) is 65.6 Å². The minimum Gasteiger partial charge on any atom is -0.509 e. The van der Waals surface area contributed by atoms with Crippen LogP contribution < -0.4 is 9.80 Å². The number of halogens is 1. The first-order valence-electron chi connectivity index (χ1n) is 10.4. The summed E-state index contributed by atoms with van der Waals surface area (Å²) in [5.41, 5.74) is 5.05. The molecular formula is C23H25ClN6O. The van der Waals surface area contributed by atoms with E-state index in [0.717, 1.165) is 54.2 Å². The number of aromatic nitrogens is 2. The van der Waals surface area contributed by atoms with Crippen LogP contribution in [0.4, 0.5) is 11.4 Å². The Bertz CT molecular complexity index is 1210. The molecule has 5 rings (SSSR count). The first kappa shape index (κ1) is 19.9. The Kier molecular flexibility index (Phi) is 4.87. The zero-order valence-electron chi connectivity index (χ0n) is 17.6. The molecule has 2 aliphatic heterocycles. The highest BCUT2D eigenvalue weighted by atomic mass is 35.5. The number of aliphatic hydroxyl groups excluding tert-OH is 1. The molecule has 0 aliphatic carbocycles. The van der Waals surface area contributed by atoms with Gasteiger partial charge in [-0.25, -0.2) is 4.98 Å². The number of aryl methyl sites for hydroxylation is 1. The van der Waals surface area contributed by atoms with Crippen molar-refractivity contribution in [1.29, 1.82) is 5.41 Å². The van der Waals surface area contributed by atoms with Gasteiger partial charge in [-0.1, -0.05) is 17.7 Å². The van der Waals surface area contributed by atoms with E-state index in [-0.39, 0.29) is 18.1 Å². The number of likely N-dealkylation sites (N-methyl/N-ethyl adjacent to an activating group) is 1. The van der Waals surface area contributed by atoms with Crippen LogP contribution in [0.1, 0.15) is 11.4 Å². The second kappa shape index (κ2) is 7.59. The molecule has 3 N–H and O–H groups in total. The summed E-state index contributed by atoms with van der Waals surface area (Å²) in [5, 5.41) is 20.0. The molecule has 160 valence electrons. The molecule has 1 aromatic heterocycles. The number of aromatic amines is 1. The summed E-state index contributed by atoms with van der Waals surface area (Å²) < 4.78 is 0. The maximum absolute atomic E-state index is 10.7. The number of hydrogen-bond acceptors (Lipinski definition) is 5. The number of H-pyrrole nitrogens is 1. The molecule has 3 aromatic rings. The summed E-state index contributed by atoms with van der Waals surface area (Å²) >= 11 is 6.27. The predicted molar refractivity (Wildman–Crippen MR) is 127 cm³/mol. The number of benzene rings is 2. The van der Waals surface area contributed by atoms with Crippen molar-refractivity contribution in [2.24, 2.45) is 0 Å². The SMILES string of the molecule is Cc1ccc(N2CC(O)=C(c3nc4ccc(N5CCN(C)CC5)cc4[nH]3)C2=N)cc1Cl. The first-order chi connectivity index (χ1) is 14.9. The molecule has 2 aliphatic rings. The fourth-order valence-electron chi connectivity index (χ4n) is 4.18. The molecular weight excluding hydrogens is 412 g/mol. The Hall–Kier alpha value is -3.03. The van der Waals surface area contributed by atoms with Gasteiger partial charge in [-0.15, -0.1) is 0 Å². The van der Waals surface area contributed by atoms with Gasteiger partial charge in [0.2, 0.25) is 0 Å². The highest BCUT2D eigenvalue weighted by Crippen LogP contribution is 2.33. The van der Waals surface area contributed by atoms with Crippen molar-refractivity contribution in [3.05, 3.63) is 58.6 Å². The van der Waals surface area contributed by atoms with Crippen molar-refractivity contribution < 1.29 is 5.11 Å². The number of fused-ring (bicyclic) bond motifs is 1. The number of amidine groups is 1. The van der Waals surface area contributed by atoms with Crippen LogP contribution in [0, 0.1) is 12.3 Å². The summed E-state index contributed by atoms with van der Waals surface area (Å²) in [4.78, 5) is 14.4. The topological polar surface area (TPSA) is 82.5 Å². The molecule has 0 bridgehead atoms. The quantitative estimate of drug-likeness (QED) is 0.577. The van der Waals surface area contributed by atoms with Crippen LogP contribution in [0.2, 0.25) is 5.02 Å². The van der Waals surface area contributed by atoms with E-state index in [1.165, 1.54) is 0 Å². The summed E-state index contributed by atoms with van der Waals surface area (Å²) in [6.07, 6.45) is 0. The van der Waals surface area contributed by atoms with Gasteiger partial charge in [0.15, 0.2) is 0 Å². The molecule has 0 spiro atoms. The van der Waals surface area contributed by atoms with Crippen LogP contribution in [0.3, 0.4) is 0 Å². The van der Waals surface area contributed by atoms with Gasteiger partial charge in [0.05, 0.1) is 23.2 Å². The standard InChI is InChI=1S/C23H25ClN6O/c1-14-3-4-16(11-17(14)24)30-13-20(31)21(22(30)25)23-26-18-6-5-15(12-19(18)27-23)29-9-7-28(2)8-10-29/h3-6,11-12,25,31H,7-10,13H2,1-2H3,(H,26,27). The van der Waals surface area contributed by atoms with Gasteiger partial charge < -0.3 is 24.8 Å². The second-order valence-electron chi connectivity index (χ2n) is 8.27. The number of aliphatic hydroxyl groups is 1. The van der Waals surface area contributed by atoms with E-state index < -0.39 is 0 Å². The predicted octanol–water partition coefficient (Wildman–Crippen LogP) is 4.04. The van der Waals surface area contributed by atoms with Crippen LogP contribution in [0.5, 0.6) is 0 Å². The number of imidazole rings is 1. The van der Waals surface area contributed by atoms with Crippen molar-refractivity contribution in [3.63, 3.8) is 0 Å². The molecule has 0 amide bonds. The fourth-order valence-corrected chi connectivity index (χ4v) is 4.35. The minimum absolute atomic E-state index is 0.125. The molecule has 2 aromatic carbocycles. The average Bonchev–Trinajstić information content (AvgIpc) is 3.29. The lowest BCUT2D eigenvalue weighted by atomic mass is 10.2. The molecule has 3 heterocycles. The molecule has 1 fully saturated rings. The fraction of sp³-hybridized carbons (Fsp3) is 0.304. The van der Waals surface area contributed by atoms with Gasteiger partial charge in [0, 0.05) is 42.6 Å². The van der Waals surface area contributed by atoms with E-state index in [1.807, 2.05) is 31.2 Å². The molecule has 7 nitrogen and oxygen atoms in total. The molecule has 8 heteroatoms. The van der Waals surface area contributed by atoms with E-state index >= 15 is 0 Å². The highest BCUT2D eigenvalue weighted by Gasteiger charge is 2.31. The number of rotatable bonds is 3. The molecule has 0 saturated carbocycles. The van der Waals surface area contributed by atoms with Gasteiger partial charge in [-0.2, -0.15) is 0 Å². The summed E-state index contributed by atoms with van der Waals surface area (Å²) in [5.74, 6) is 0.838. The molecule has 31 heavy (non-hydrogen) atoms. The molecule has 0 atom stereocenters. The van der Waals surface area contributed by atoms with E-state index in [0.29, 0.717) is 16.4 Å². The van der Waals surface area contributed by atoms with Crippen LogP contribution in [-0.2, 0) is 0 Å². The maximum Gasteiger partial charge on any atom is 0.145 e. The number of nitrogens with one attached hydrogen (secondary N) is 2. The third kappa shape index (κ3) is 3.54. The number of anilines is 2. The van der Waals surface area contributed by atoms with Crippen molar-refractivity contribution in [1.82, 2.24) is 14.9 Å². The lowest BCUT2D eigenvalue weighted by Crippen LogP contribution is -2.44. The van der Waals surface area contributed by atoms with Gasteiger partial charge >= 0.3 is 0 Å². The van der Waals surface area contributed by atoms with Crippen LogP contribution >= 0.6 is 11.6 Å². The van der Waals surface area contributed by atoms with E-state index in [9.17, 15) is 5.11 Å². The Balaban J connectivity index is 1.44. The van der Waals surface area contributed by atoms with Gasteiger partial charge in [0.1, 0.15) is 17.4 Å². The third-order valence-corrected chi connectivity index (χ3v) is 6.55. The average molecular weight is 437 g/mol. The van der Waals surface area contributed by atoms with Gasteiger partial charge in [-0.3, -0.25) is 5.41 Å². The van der Waals surface area contributed by atoms with E-state index in [1.54, 1.807) is 4.90 Å². The minimum atomic E-state index is 0.125. The van der Waals surface area contributed by atoms with E-state index in [2.05, 4.69) is 38.9 Å². The Morgan fingerprint density at radius 2 is 1.81 bits per heavy atom. The molecule has 1 saturated heterocycles. The lowest BCUT2D eigenvalue weighted by molar-refractivity contribution is 0.313. The number of nitrogens with zero attached hydrogens (tertiary/aromatic N) is 4. The summed E-state index contributed by atoms with van der Waals surface area (Å²) in [7, 11) is 2.15. The zero-order valence-corrected chi connectivity index (χ0v) is 18.4. The van der Waals surface area contributed by atoms with Crippen molar-refractivity contribution in [3.8, 4) is 0 Å².